The smallest absolute Gasteiger partial charge is 0.272 e. The minimum absolute atomic E-state index is 0.00514. The van der Waals surface area contributed by atoms with Gasteiger partial charge in [-0.2, -0.15) is 5.10 Å². The van der Waals surface area contributed by atoms with Gasteiger partial charge in [-0.3, -0.25) is 19.5 Å². The molecule has 0 saturated heterocycles. The van der Waals surface area contributed by atoms with Crippen molar-refractivity contribution in [3.8, 4) is 0 Å². The van der Waals surface area contributed by atoms with E-state index in [1.807, 2.05) is 55.5 Å². The summed E-state index contributed by atoms with van der Waals surface area (Å²) in [6.07, 6.45) is 3.86. The molecule has 0 spiro atoms. The second-order valence-corrected chi connectivity index (χ2v) is 8.91. The number of benzene rings is 2. The van der Waals surface area contributed by atoms with Gasteiger partial charge in [0, 0.05) is 32.3 Å². The van der Waals surface area contributed by atoms with Crippen LogP contribution in [0.3, 0.4) is 0 Å². The zero-order chi connectivity index (χ0) is 24.1. The second-order valence-electron chi connectivity index (χ2n) is 8.27. The first-order valence-corrected chi connectivity index (χ1v) is 11.9. The number of amides is 1. The molecule has 0 fully saturated rings. The van der Waals surface area contributed by atoms with Crippen molar-refractivity contribution in [3.05, 3.63) is 77.6 Å². The summed E-state index contributed by atoms with van der Waals surface area (Å²) >= 11 is -2.53. The Morgan fingerprint density at radius 1 is 1.18 bits per heavy atom. The van der Waals surface area contributed by atoms with Crippen LogP contribution in [0.5, 0.6) is 0 Å². The molecule has 1 aliphatic rings. The van der Waals surface area contributed by atoms with Gasteiger partial charge >= 0.3 is 0 Å². The molecule has 34 heavy (non-hydrogen) atoms. The Hall–Kier alpha value is -3.34. The number of fused-ring (bicyclic) bond motifs is 1. The molecule has 2 atom stereocenters. The number of hydrogen-bond acceptors (Lipinski definition) is 7. The largest absolute Gasteiger partial charge is 0.750 e. The lowest BCUT2D eigenvalue weighted by atomic mass is 9.97. The second kappa shape index (κ2) is 10.7. The zero-order valence-electron chi connectivity index (χ0n) is 18.8. The molecular weight excluding hydrogens is 454 g/mol. The molecule has 10 heteroatoms. The molecule has 178 valence electrons. The van der Waals surface area contributed by atoms with Gasteiger partial charge in [0.25, 0.3) is 5.91 Å². The van der Waals surface area contributed by atoms with Crippen LogP contribution >= 0.6 is 0 Å². The van der Waals surface area contributed by atoms with Crippen molar-refractivity contribution in [2.45, 2.75) is 32.4 Å². The maximum Gasteiger partial charge on any atom is 0.272 e. The summed E-state index contributed by atoms with van der Waals surface area (Å²) in [5, 5.41) is 15.2. The number of anilines is 2. The normalized spacial score (nSPS) is 15.0. The van der Waals surface area contributed by atoms with E-state index in [0.717, 1.165) is 28.1 Å². The lowest BCUT2D eigenvalue weighted by Gasteiger charge is -2.38. The Morgan fingerprint density at radius 3 is 2.56 bits per heavy atom. The van der Waals surface area contributed by atoms with Gasteiger partial charge in [-0.05, 0) is 34.7 Å². The maximum atomic E-state index is 13.2. The minimum atomic E-state index is -2.53. The monoisotopic (exact) mass is 480 g/mol. The molecular formula is C24H26N5O4S-. The Labute approximate surface area is 200 Å². The number of nitrogens with zero attached hydrogens (tertiary/aromatic N) is 3. The third kappa shape index (κ3) is 5.58. The first-order chi connectivity index (χ1) is 16.4. The molecule has 9 nitrogen and oxygen atoms in total. The van der Waals surface area contributed by atoms with Gasteiger partial charge in [0.2, 0.25) is 0 Å². The van der Waals surface area contributed by atoms with Gasteiger partial charge in [-0.1, -0.05) is 43.3 Å². The number of carbonyl (C=O) groups excluding carboxylic acids is 1. The number of nitrogens with one attached hydrogen (secondary N) is 2. The van der Waals surface area contributed by atoms with Crippen LogP contribution in [0.25, 0.3) is 0 Å². The van der Waals surface area contributed by atoms with Crippen LogP contribution in [-0.4, -0.2) is 43.7 Å². The van der Waals surface area contributed by atoms with E-state index in [2.05, 4.69) is 19.3 Å². The molecule has 4 rings (SSSR count). The van der Waals surface area contributed by atoms with Crippen LogP contribution in [0.2, 0.25) is 0 Å². The Kier molecular flexibility index (Phi) is 7.51. The van der Waals surface area contributed by atoms with Crippen LogP contribution in [0.15, 0.2) is 60.9 Å². The van der Waals surface area contributed by atoms with Gasteiger partial charge in [0.1, 0.15) is 0 Å². The third-order valence-corrected chi connectivity index (χ3v) is 6.24. The van der Waals surface area contributed by atoms with Gasteiger partial charge in [-0.15, -0.1) is 0 Å². The Morgan fingerprint density at radius 2 is 1.88 bits per heavy atom. The summed E-state index contributed by atoms with van der Waals surface area (Å²) in [6.45, 7) is 3.75. The highest BCUT2D eigenvalue weighted by atomic mass is 32.2. The maximum absolute atomic E-state index is 13.2. The number of para-hydroxylation sites is 2. The Balaban J connectivity index is 1.44. The number of hydrogen-bond donors (Lipinski definition) is 2. The predicted molar refractivity (Wildman–Crippen MR) is 129 cm³/mol. The van der Waals surface area contributed by atoms with Crippen LogP contribution < -0.4 is 9.80 Å². The SMILES string of the molecule is CC(CC(=N)C(=O)N1CCN(Cc2ccc(COS(=O)[O-])cc2)c2ccccc21)c1cn[nH]c1. The molecule has 0 radical (unpaired) electrons. The van der Waals surface area contributed by atoms with Gasteiger partial charge in [-0.25, -0.2) is 4.21 Å². The first-order valence-electron chi connectivity index (χ1n) is 10.9. The van der Waals surface area contributed by atoms with E-state index in [1.54, 1.807) is 17.3 Å². The summed E-state index contributed by atoms with van der Waals surface area (Å²) in [6, 6.07) is 15.3. The standard InChI is InChI=1S/C24H27N5O4S/c1-17(20-13-26-27-14-20)12-21(25)24(30)29-11-10-28(22-4-2-3-5-23(22)29)15-18-6-8-19(9-7-18)16-33-34(31)32/h2-9,13-14,17,25H,10-12,15-16H2,1H3,(H,26,27)(H,31,32)/p-1. The Bertz CT molecular complexity index is 1170. The average molecular weight is 481 g/mol. The quantitative estimate of drug-likeness (QED) is 0.358. The third-order valence-electron chi connectivity index (χ3n) is 5.93. The number of aromatic nitrogens is 2. The van der Waals surface area contributed by atoms with Crippen molar-refractivity contribution < 1.29 is 17.7 Å². The van der Waals surface area contributed by atoms with E-state index in [0.29, 0.717) is 26.1 Å². The van der Waals surface area contributed by atoms with Crippen molar-refractivity contribution >= 4 is 34.4 Å². The van der Waals surface area contributed by atoms with Gasteiger partial charge in [0.05, 0.1) is 41.3 Å². The molecule has 0 saturated carbocycles. The van der Waals surface area contributed by atoms with E-state index in [4.69, 9.17) is 5.41 Å². The summed E-state index contributed by atoms with van der Waals surface area (Å²) < 4.78 is 25.7. The molecule has 2 unspecified atom stereocenters. The van der Waals surface area contributed by atoms with Crippen LogP contribution in [-0.2, 0) is 33.5 Å². The van der Waals surface area contributed by atoms with E-state index in [9.17, 15) is 13.6 Å². The fraction of sp³-hybridized carbons (Fsp3) is 0.292. The highest BCUT2D eigenvalue weighted by Crippen LogP contribution is 2.34. The van der Waals surface area contributed by atoms with Crippen molar-refractivity contribution in [2.24, 2.45) is 0 Å². The van der Waals surface area contributed by atoms with Crippen molar-refractivity contribution in [2.75, 3.05) is 22.9 Å². The van der Waals surface area contributed by atoms with E-state index >= 15 is 0 Å². The van der Waals surface area contributed by atoms with Crippen LogP contribution in [0.1, 0.15) is 36.0 Å². The molecule has 2 N–H and O–H groups in total. The molecule has 1 aliphatic heterocycles. The molecule has 0 bridgehead atoms. The van der Waals surface area contributed by atoms with Gasteiger partial charge < -0.3 is 14.4 Å². The molecule has 0 aliphatic carbocycles. The molecule has 2 aromatic carbocycles. The summed E-state index contributed by atoms with van der Waals surface area (Å²) in [7, 11) is 0. The van der Waals surface area contributed by atoms with Crippen LogP contribution in [0, 0.1) is 5.41 Å². The molecule has 2 heterocycles. The fourth-order valence-corrected chi connectivity index (χ4v) is 4.31. The summed E-state index contributed by atoms with van der Waals surface area (Å²) in [5.41, 5.74) is 4.61. The highest BCUT2D eigenvalue weighted by molar-refractivity contribution is 7.74. The summed E-state index contributed by atoms with van der Waals surface area (Å²) in [5.74, 6) is -0.253. The van der Waals surface area contributed by atoms with Gasteiger partial charge in [0.15, 0.2) is 0 Å². The molecule has 1 amide bonds. The first kappa shape index (κ1) is 23.8. The lowest BCUT2D eigenvalue weighted by Crippen LogP contribution is -2.46. The topological polar surface area (TPSA) is 125 Å². The minimum Gasteiger partial charge on any atom is -0.750 e. The van der Waals surface area contributed by atoms with E-state index < -0.39 is 11.4 Å². The van der Waals surface area contributed by atoms with E-state index in [1.165, 1.54) is 0 Å². The molecule has 3 aromatic rings. The van der Waals surface area contributed by atoms with Crippen molar-refractivity contribution in [3.63, 3.8) is 0 Å². The zero-order valence-corrected chi connectivity index (χ0v) is 19.6. The highest BCUT2D eigenvalue weighted by Gasteiger charge is 2.29. The summed E-state index contributed by atoms with van der Waals surface area (Å²) in [4.78, 5) is 17.1. The number of carbonyl (C=O) groups is 1. The van der Waals surface area contributed by atoms with E-state index in [-0.39, 0.29) is 24.1 Å². The predicted octanol–water partition coefficient (Wildman–Crippen LogP) is 3.29. The average Bonchev–Trinajstić information content (AvgIpc) is 3.39. The van der Waals surface area contributed by atoms with Crippen LogP contribution in [0.4, 0.5) is 11.4 Å². The number of H-pyrrole nitrogens is 1. The number of aromatic amines is 1. The van der Waals surface area contributed by atoms with Crippen molar-refractivity contribution in [1.29, 1.82) is 5.41 Å². The van der Waals surface area contributed by atoms with Crippen molar-refractivity contribution in [1.82, 2.24) is 10.2 Å². The fourth-order valence-electron chi connectivity index (χ4n) is 4.08. The molecule has 1 aromatic heterocycles. The lowest BCUT2D eigenvalue weighted by molar-refractivity contribution is -0.112. The number of rotatable bonds is 9.